The second kappa shape index (κ2) is 10.4. The molecule has 0 amide bonds. The van der Waals surface area contributed by atoms with Crippen LogP contribution in [0.5, 0.6) is 17.2 Å². The molecule has 0 aliphatic carbocycles. The molecule has 1 heterocycles. The maximum absolute atomic E-state index is 13.9. The highest BCUT2D eigenvalue weighted by Gasteiger charge is 2.23. The highest BCUT2D eigenvalue weighted by atomic mass is 35.5. The quantitative estimate of drug-likeness (QED) is 0.197. The van der Waals surface area contributed by atoms with Crippen LogP contribution < -0.4 is 19.8 Å². The van der Waals surface area contributed by atoms with Crippen LogP contribution >= 0.6 is 35.0 Å². The summed E-state index contributed by atoms with van der Waals surface area (Å²) in [5.41, 5.74) is 4.07. The van der Waals surface area contributed by atoms with Gasteiger partial charge in [-0.15, -0.1) is 0 Å². The first-order valence-electron chi connectivity index (χ1n) is 10.7. The number of halogens is 2. The highest BCUT2D eigenvalue weighted by molar-refractivity contribution is 7.98. The van der Waals surface area contributed by atoms with Crippen molar-refractivity contribution in [1.82, 2.24) is 9.55 Å². The van der Waals surface area contributed by atoms with Crippen LogP contribution in [0.25, 0.3) is 16.6 Å². The van der Waals surface area contributed by atoms with Crippen molar-refractivity contribution in [3.63, 3.8) is 0 Å². The summed E-state index contributed by atoms with van der Waals surface area (Å²) in [6.45, 7) is 4.15. The molecule has 0 radical (unpaired) electrons. The minimum Gasteiger partial charge on any atom is -0.493 e. The van der Waals surface area contributed by atoms with E-state index in [0.29, 0.717) is 54.8 Å². The zero-order valence-electron chi connectivity index (χ0n) is 19.9. The van der Waals surface area contributed by atoms with Gasteiger partial charge in [0.1, 0.15) is 5.52 Å². The first-order chi connectivity index (χ1) is 16.8. The number of aromatic nitrogens is 2. The molecule has 0 unspecified atom stereocenters. The predicted octanol–water partition coefficient (Wildman–Crippen LogP) is 6.63. The number of ether oxygens (including phenoxy) is 3. The lowest BCUT2D eigenvalue weighted by Gasteiger charge is -2.18. The number of methoxy groups -OCH3 is 3. The number of thioether (sulfide) groups is 1. The van der Waals surface area contributed by atoms with E-state index in [1.165, 1.54) is 48.8 Å². The number of rotatable bonds is 7. The Balaban J connectivity index is 1.98. The minimum atomic E-state index is -0.318. The molecule has 0 saturated carbocycles. The van der Waals surface area contributed by atoms with E-state index in [9.17, 15) is 4.79 Å². The Hall–Kier alpha value is -2.87. The number of hydrogen-bond acceptors (Lipinski definition) is 6. The van der Waals surface area contributed by atoms with Gasteiger partial charge in [0.05, 0.1) is 37.4 Å². The molecule has 1 aromatic heterocycles. The first kappa shape index (κ1) is 25.2. The second-order valence-electron chi connectivity index (χ2n) is 7.88. The lowest BCUT2D eigenvalue weighted by molar-refractivity contribution is 0.326. The maximum atomic E-state index is 13.9. The summed E-state index contributed by atoms with van der Waals surface area (Å²) in [6.07, 6.45) is 0. The van der Waals surface area contributed by atoms with Gasteiger partial charge in [-0.2, -0.15) is 0 Å². The maximum Gasteiger partial charge on any atom is 0.266 e. The molecule has 6 nitrogen and oxygen atoms in total. The summed E-state index contributed by atoms with van der Waals surface area (Å²) in [7, 11) is 4.51. The van der Waals surface area contributed by atoms with Crippen LogP contribution in [0.15, 0.2) is 52.4 Å². The lowest BCUT2D eigenvalue weighted by atomic mass is 10.1. The Morgan fingerprint density at radius 2 is 1.66 bits per heavy atom. The molecule has 4 aromatic rings. The Labute approximate surface area is 217 Å². The van der Waals surface area contributed by atoms with E-state index in [1.54, 1.807) is 24.3 Å². The number of nitrogens with zero attached hydrogens (tertiary/aromatic N) is 2. The summed E-state index contributed by atoms with van der Waals surface area (Å²) < 4.78 is 18.1. The van der Waals surface area contributed by atoms with Gasteiger partial charge >= 0.3 is 0 Å². The van der Waals surface area contributed by atoms with Crippen LogP contribution in [-0.4, -0.2) is 30.9 Å². The summed E-state index contributed by atoms with van der Waals surface area (Å²) in [5.74, 6) is 1.64. The van der Waals surface area contributed by atoms with E-state index < -0.39 is 0 Å². The van der Waals surface area contributed by atoms with Gasteiger partial charge in [0, 0.05) is 10.8 Å². The SMILES string of the molecule is COc1cc2c(=O)n(-c3ccc(Cl)cc3Cl)c(SCc3ccc(C)c(C)c3)nc2c(OC)c1OC. The van der Waals surface area contributed by atoms with Crippen LogP contribution in [0.4, 0.5) is 0 Å². The van der Waals surface area contributed by atoms with Gasteiger partial charge in [0.25, 0.3) is 5.56 Å². The normalized spacial score (nSPS) is 11.1. The smallest absolute Gasteiger partial charge is 0.266 e. The van der Waals surface area contributed by atoms with Crippen LogP contribution in [0.1, 0.15) is 16.7 Å². The molecule has 0 aliphatic heterocycles. The predicted molar refractivity (Wildman–Crippen MR) is 142 cm³/mol. The van der Waals surface area contributed by atoms with Crippen molar-refractivity contribution >= 4 is 45.9 Å². The van der Waals surface area contributed by atoms with Crippen molar-refractivity contribution in [3.8, 4) is 22.9 Å². The molecule has 9 heteroatoms. The fourth-order valence-corrected chi connectivity index (χ4v) is 5.22. The summed E-state index contributed by atoms with van der Waals surface area (Å²) in [4.78, 5) is 18.8. The highest BCUT2D eigenvalue weighted by Crippen LogP contribution is 2.42. The average Bonchev–Trinajstić information content (AvgIpc) is 2.84. The van der Waals surface area contributed by atoms with Crippen molar-refractivity contribution in [2.45, 2.75) is 24.8 Å². The van der Waals surface area contributed by atoms with Crippen LogP contribution in [-0.2, 0) is 5.75 Å². The van der Waals surface area contributed by atoms with E-state index in [1.807, 2.05) is 0 Å². The molecule has 3 aromatic carbocycles. The molecule has 0 atom stereocenters. The van der Waals surface area contributed by atoms with E-state index in [2.05, 4.69) is 32.0 Å². The standard InChI is InChI=1S/C26H24Cl2N2O4S/c1-14-6-7-16(10-15(14)2)13-35-26-29-22-18(12-21(32-3)23(33-4)24(22)34-5)25(31)30(26)20-9-8-17(27)11-19(20)28/h6-12H,13H2,1-5H3. The van der Waals surface area contributed by atoms with Gasteiger partial charge in [-0.05, 0) is 54.8 Å². The second-order valence-corrected chi connectivity index (χ2v) is 9.67. The molecule has 35 heavy (non-hydrogen) atoms. The molecule has 0 saturated heterocycles. The molecule has 0 N–H and O–H groups in total. The van der Waals surface area contributed by atoms with Crippen molar-refractivity contribution in [3.05, 3.63) is 79.6 Å². The van der Waals surface area contributed by atoms with Crippen molar-refractivity contribution in [2.24, 2.45) is 0 Å². The van der Waals surface area contributed by atoms with E-state index in [4.69, 9.17) is 42.4 Å². The molecule has 4 rings (SSSR count). The largest absolute Gasteiger partial charge is 0.493 e. The molecule has 0 fully saturated rings. The molecule has 0 spiro atoms. The Morgan fingerprint density at radius 1 is 0.914 bits per heavy atom. The number of hydrogen-bond donors (Lipinski definition) is 0. The fraction of sp³-hybridized carbons (Fsp3) is 0.231. The third-order valence-electron chi connectivity index (χ3n) is 5.73. The third-order valence-corrected chi connectivity index (χ3v) is 7.27. The molecule has 0 aliphatic rings. The Kier molecular flexibility index (Phi) is 7.50. The zero-order chi connectivity index (χ0) is 25.3. The van der Waals surface area contributed by atoms with Crippen molar-refractivity contribution < 1.29 is 14.2 Å². The van der Waals surface area contributed by atoms with Crippen LogP contribution in [0.2, 0.25) is 10.0 Å². The molecular formula is C26H24Cl2N2O4S. The van der Waals surface area contributed by atoms with Gasteiger partial charge in [-0.25, -0.2) is 4.98 Å². The van der Waals surface area contributed by atoms with E-state index in [0.717, 1.165) is 5.56 Å². The number of fused-ring (bicyclic) bond motifs is 1. The Morgan fingerprint density at radius 3 is 2.29 bits per heavy atom. The molecular weight excluding hydrogens is 507 g/mol. The molecule has 0 bridgehead atoms. The zero-order valence-corrected chi connectivity index (χ0v) is 22.3. The van der Waals surface area contributed by atoms with Crippen molar-refractivity contribution in [2.75, 3.05) is 21.3 Å². The third kappa shape index (κ3) is 4.81. The van der Waals surface area contributed by atoms with E-state index in [-0.39, 0.29) is 5.56 Å². The van der Waals surface area contributed by atoms with Crippen LogP contribution in [0, 0.1) is 13.8 Å². The van der Waals surface area contributed by atoms with Gasteiger partial charge in [-0.3, -0.25) is 9.36 Å². The molecule has 182 valence electrons. The first-order valence-corrected chi connectivity index (χ1v) is 12.4. The summed E-state index contributed by atoms with van der Waals surface area (Å²) in [6, 6.07) is 12.9. The number of benzene rings is 3. The fourth-order valence-electron chi connectivity index (χ4n) is 3.78. The van der Waals surface area contributed by atoms with Gasteiger partial charge in [0.2, 0.25) is 5.75 Å². The lowest BCUT2D eigenvalue weighted by Crippen LogP contribution is -2.22. The topological polar surface area (TPSA) is 62.6 Å². The number of aryl methyl sites for hydroxylation is 2. The van der Waals surface area contributed by atoms with Crippen LogP contribution in [0.3, 0.4) is 0 Å². The summed E-state index contributed by atoms with van der Waals surface area (Å²) in [5, 5.41) is 1.57. The van der Waals surface area contributed by atoms with Crippen molar-refractivity contribution in [1.29, 1.82) is 0 Å². The monoisotopic (exact) mass is 530 g/mol. The van der Waals surface area contributed by atoms with Gasteiger partial charge in [0.15, 0.2) is 16.7 Å². The van der Waals surface area contributed by atoms with Gasteiger partial charge < -0.3 is 14.2 Å². The Bertz CT molecular complexity index is 1490. The summed E-state index contributed by atoms with van der Waals surface area (Å²) >= 11 is 14.1. The van der Waals surface area contributed by atoms with Gasteiger partial charge in [-0.1, -0.05) is 53.2 Å². The average molecular weight is 531 g/mol. The van der Waals surface area contributed by atoms with E-state index >= 15 is 0 Å². The minimum absolute atomic E-state index is 0.307.